The van der Waals surface area contributed by atoms with E-state index in [9.17, 15) is 9.59 Å². The van der Waals surface area contributed by atoms with Crippen molar-refractivity contribution in [2.75, 3.05) is 18.1 Å². The van der Waals surface area contributed by atoms with Crippen molar-refractivity contribution in [3.05, 3.63) is 59.2 Å². The third-order valence-corrected chi connectivity index (χ3v) is 4.69. The average Bonchev–Trinajstić information content (AvgIpc) is 3.40. The summed E-state index contributed by atoms with van der Waals surface area (Å²) in [7, 11) is 0. The lowest BCUT2D eigenvalue weighted by atomic mass is 9.86. The summed E-state index contributed by atoms with van der Waals surface area (Å²) in [5, 5.41) is 0. The zero-order chi connectivity index (χ0) is 18.5. The lowest BCUT2D eigenvalue weighted by Crippen LogP contribution is -2.30. The highest BCUT2D eigenvalue weighted by molar-refractivity contribution is 6.34. The number of amides is 2. The Hall–Kier alpha value is -2.66. The number of imide groups is 1. The molecule has 0 aromatic heterocycles. The quantitative estimate of drug-likeness (QED) is 0.624. The second kappa shape index (κ2) is 5.95. The van der Waals surface area contributed by atoms with Crippen molar-refractivity contribution >= 4 is 17.5 Å². The van der Waals surface area contributed by atoms with Gasteiger partial charge in [-0.3, -0.25) is 9.59 Å². The highest BCUT2D eigenvalue weighted by Crippen LogP contribution is 2.38. The topological polar surface area (TPSA) is 59.1 Å². The molecule has 2 aromatic rings. The van der Waals surface area contributed by atoms with E-state index in [1.54, 1.807) is 24.3 Å². The molecule has 2 aliphatic rings. The summed E-state index contributed by atoms with van der Waals surface area (Å²) in [5.41, 5.74) is 2.25. The summed E-state index contributed by atoms with van der Waals surface area (Å²) in [6.45, 7) is 7.36. The largest absolute Gasteiger partial charge is 0.489 e. The van der Waals surface area contributed by atoms with Crippen LogP contribution in [0.1, 0.15) is 47.1 Å². The van der Waals surface area contributed by atoms with E-state index in [0.29, 0.717) is 35.8 Å². The second-order valence-electron chi connectivity index (χ2n) is 7.69. The zero-order valence-corrected chi connectivity index (χ0v) is 15.1. The predicted octanol–water partition coefficient (Wildman–Crippen LogP) is 3.56. The molecule has 2 aliphatic heterocycles. The first-order valence-corrected chi connectivity index (χ1v) is 8.73. The van der Waals surface area contributed by atoms with Gasteiger partial charge >= 0.3 is 0 Å². The monoisotopic (exact) mass is 351 g/mol. The van der Waals surface area contributed by atoms with Gasteiger partial charge in [-0.2, -0.15) is 0 Å². The summed E-state index contributed by atoms with van der Waals surface area (Å²) < 4.78 is 11.1. The van der Waals surface area contributed by atoms with Crippen LogP contribution in [0.5, 0.6) is 5.75 Å². The van der Waals surface area contributed by atoms with Gasteiger partial charge in [0.2, 0.25) is 0 Å². The van der Waals surface area contributed by atoms with E-state index in [1.807, 2.05) is 18.2 Å². The number of hydrogen-bond donors (Lipinski definition) is 0. The van der Waals surface area contributed by atoms with Gasteiger partial charge in [0.15, 0.2) is 0 Å². The zero-order valence-electron chi connectivity index (χ0n) is 15.1. The molecule has 1 unspecified atom stereocenters. The molecule has 1 fully saturated rings. The summed E-state index contributed by atoms with van der Waals surface area (Å²) in [6, 6.07) is 12.6. The van der Waals surface area contributed by atoms with Crippen LogP contribution in [0.3, 0.4) is 0 Å². The number of fused-ring (bicyclic) bond motifs is 1. The van der Waals surface area contributed by atoms with E-state index in [-0.39, 0.29) is 23.3 Å². The normalized spacial score (nSPS) is 18.9. The molecule has 0 aliphatic carbocycles. The first kappa shape index (κ1) is 16.8. The minimum absolute atomic E-state index is 0.0901. The van der Waals surface area contributed by atoms with Gasteiger partial charge in [0.05, 0.1) is 23.4 Å². The SMILES string of the molecule is CC(C)(C)c1ccc(OCC2CO2)c(N2C(=O)c3ccccc3C2=O)c1. The Morgan fingerprint density at radius 2 is 1.69 bits per heavy atom. The number of carbonyl (C=O) groups is 2. The van der Waals surface area contributed by atoms with Gasteiger partial charge in [-0.15, -0.1) is 0 Å². The molecule has 0 bridgehead atoms. The molecular formula is C21H21NO4. The Kier molecular flexibility index (Phi) is 3.84. The van der Waals surface area contributed by atoms with Crippen LogP contribution in [-0.2, 0) is 10.2 Å². The number of epoxide rings is 1. The molecule has 5 nitrogen and oxygen atoms in total. The van der Waals surface area contributed by atoms with Gasteiger partial charge in [-0.05, 0) is 35.2 Å². The van der Waals surface area contributed by atoms with Crippen LogP contribution in [0.25, 0.3) is 0 Å². The van der Waals surface area contributed by atoms with Gasteiger partial charge in [0.25, 0.3) is 11.8 Å². The number of nitrogens with zero attached hydrogens (tertiary/aromatic N) is 1. The average molecular weight is 351 g/mol. The van der Waals surface area contributed by atoms with Crippen molar-refractivity contribution < 1.29 is 19.1 Å². The third kappa shape index (κ3) is 2.88. The Labute approximate surface area is 152 Å². The molecule has 5 heteroatoms. The highest BCUT2D eigenvalue weighted by Gasteiger charge is 2.38. The van der Waals surface area contributed by atoms with Crippen molar-refractivity contribution in [3.8, 4) is 5.75 Å². The molecule has 0 N–H and O–H groups in total. The number of anilines is 1. The molecule has 26 heavy (non-hydrogen) atoms. The van der Waals surface area contributed by atoms with E-state index in [0.717, 1.165) is 5.56 Å². The van der Waals surface area contributed by atoms with Crippen molar-refractivity contribution in [2.24, 2.45) is 0 Å². The van der Waals surface area contributed by atoms with Crippen LogP contribution < -0.4 is 9.64 Å². The van der Waals surface area contributed by atoms with Gasteiger partial charge in [-0.25, -0.2) is 4.90 Å². The highest BCUT2D eigenvalue weighted by atomic mass is 16.6. The van der Waals surface area contributed by atoms with Crippen molar-refractivity contribution in [1.82, 2.24) is 0 Å². The van der Waals surface area contributed by atoms with Crippen LogP contribution in [0.15, 0.2) is 42.5 Å². The fourth-order valence-electron chi connectivity index (χ4n) is 3.04. The lowest BCUT2D eigenvalue weighted by molar-refractivity contribution is 0.0924. The molecule has 2 aromatic carbocycles. The van der Waals surface area contributed by atoms with E-state index in [1.165, 1.54) is 4.90 Å². The molecule has 2 heterocycles. The van der Waals surface area contributed by atoms with Gasteiger partial charge < -0.3 is 9.47 Å². The molecule has 0 saturated carbocycles. The Balaban J connectivity index is 1.78. The predicted molar refractivity (Wildman–Crippen MR) is 98.0 cm³/mol. The van der Waals surface area contributed by atoms with E-state index in [4.69, 9.17) is 9.47 Å². The van der Waals surface area contributed by atoms with E-state index in [2.05, 4.69) is 20.8 Å². The molecule has 134 valence electrons. The number of benzene rings is 2. The van der Waals surface area contributed by atoms with Crippen LogP contribution in [0, 0.1) is 0 Å². The number of ether oxygens (including phenoxy) is 2. The number of hydrogen-bond acceptors (Lipinski definition) is 4. The maximum Gasteiger partial charge on any atom is 0.266 e. The maximum atomic E-state index is 12.9. The van der Waals surface area contributed by atoms with E-state index >= 15 is 0 Å². The smallest absolute Gasteiger partial charge is 0.266 e. The summed E-state index contributed by atoms with van der Waals surface area (Å²) >= 11 is 0. The van der Waals surface area contributed by atoms with Gasteiger partial charge in [0, 0.05) is 0 Å². The molecule has 2 amide bonds. The number of carbonyl (C=O) groups excluding carboxylic acids is 2. The Morgan fingerprint density at radius 3 is 2.23 bits per heavy atom. The van der Waals surface area contributed by atoms with Crippen LogP contribution >= 0.6 is 0 Å². The van der Waals surface area contributed by atoms with Crippen molar-refractivity contribution in [2.45, 2.75) is 32.3 Å². The first-order chi connectivity index (χ1) is 12.4. The standard InChI is InChI=1S/C21H21NO4/c1-21(2,3)13-8-9-18(26-12-14-11-25-14)17(10-13)22-19(23)15-6-4-5-7-16(15)20(22)24/h4-10,14H,11-12H2,1-3H3. The summed E-state index contributed by atoms with van der Waals surface area (Å²) in [5.74, 6) is -0.114. The molecular weight excluding hydrogens is 330 g/mol. The Morgan fingerprint density at radius 1 is 1.08 bits per heavy atom. The van der Waals surface area contributed by atoms with E-state index < -0.39 is 0 Å². The Bertz CT molecular complexity index is 858. The van der Waals surface area contributed by atoms with Crippen molar-refractivity contribution in [1.29, 1.82) is 0 Å². The minimum Gasteiger partial charge on any atom is -0.489 e. The molecule has 4 rings (SSSR count). The third-order valence-electron chi connectivity index (χ3n) is 4.69. The number of rotatable bonds is 4. The molecule has 1 saturated heterocycles. The van der Waals surface area contributed by atoms with Crippen LogP contribution in [0.4, 0.5) is 5.69 Å². The van der Waals surface area contributed by atoms with Crippen molar-refractivity contribution in [3.63, 3.8) is 0 Å². The molecule has 0 radical (unpaired) electrons. The van der Waals surface area contributed by atoms with Crippen LogP contribution in [-0.4, -0.2) is 31.1 Å². The molecule has 1 atom stereocenters. The minimum atomic E-state index is -0.316. The maximum absolute atomic E-state index is 12.9. The summed E-state index contributed by atoms with van der Waals surface area (Å²) in [4.78, 5) is 27.0. The van der Waals surface area contributed by atoms with Crippen LogP contribution in [0.2, 0.25) is 0 Å². The molecule has 0 spiro atoms. The van der Waals surface area contributed by atoms with Gasteiger partial charge in [0.1, 0.15) is 18.5 Å². The summed E-state index contributed by atoms with van der Waals surface area (Å²) in [6.07, 6.45) is 0.0901. The lowest BCUT2D eigenvalue weighted by Gasteiger charge is -2.24. The van der Waals surface area contributed by atoms with Gasteiger partial charge in [-0.1, -0.05) is 39.0 Å². The second-order valence-corrected chi connectivity index (χ2v) is 7.69. The fourth-order valence-corrected chi connectivity index (χ4v) is 3.04. The fraction of sp³-hybridized carbons (Fsp3) is 0.333. The first-order valence-electron chi connectivity index (χ1n) is 8.73.